The van der Waals surface area contributed by atoms with Crippen LogP contribution in [-0.2, 0) is 11.3 Å². The molecule has 2 aromatic heterocycles. The summed E-state index contributed by atoms with van der Waals surface area (Å²) in [6, 6.07) is 15.9. The molecule has 5 rings (SSSR count). The number of aryl methyl sites for hydroxylation is 1. The molecule has 1 atom stereocenters. The van der Waals surface area contributed by atoms with Gasteiger partial charge in [0.15, 0.2) is 5.65 Å². The summed E-state index contributed by atoms with van der Waals surface area (Å²) in [5.41, 5.74) is 3.87. The number of benzene rings is 2. The first kappa shape index (κ1) is 22.5. The number of aromatic nitrogens is 4. The predicted molar refractivity (Wildman–Crippen MR) is 136 cm³/mol. The fourth-order valence-electron chi connectivity index (χ4n) is 4.17. The molecular weight excluding hydrogens is 494 g/mol. The van der Waals surface area contributed by atoms with Gasteiger partial charge in [0.25, 0.3) is 0 Å². The van der Waals surface area contributed by atoms with Crippen LogP contribution < -0.4 is 10.2 Å². The van der Waals surface area contributed by atoms with Crippen molar-refractivity contribution in [3.05, 3.63) is 76.7 Å². The van der Waals surface area contributed by atoms with Gasteiger partial charge in [0, 0.05) is 36.8 Å². The summed E-state index contributed by atoms with van der Waals surface area (Å²) in [5, 5.41) is 8.61. The maximum absolute atomic E-state index is 13.1. The van der Waals surface area contributed by atoms with Gasteiger partial charge in [-0.25, -0.2) is 14.6 Å². The quantitative estimate of drug-likeness (QED) is 0.435. The van der Waals surface area contributed by atoms with Gasteiger partial charge in [0.05, 0.1) is 11.1 Å². The SMILES string of the molecule is Cc1ccc(-n2cc3c(N4CCN(C)[C@H](C(=O)NCc5ccc(Br)cc5)C4)ncnc3n2)cc1. The van der Waals surface area contributed by atoms with E-state index in [2.05, 4.69) is 65.2 Å². The lowest BCUT2D eigenvalue weighted by atomic mass is 10.1. The van der Waals surface area contributed by atoms with Crippen molar-refractivity contribution in [1.29, 1.82) is 0 Å². The highest BCUT2D eigenvalue weighted by molar-refractivity contribution is 9.10. The molecule has 0 bridgehead atoms. The third kappa shape index (κ3) is 4.67. The van der Waals surface area contributed by atoms with Crippen LogP contribution in [0.5, 0.6) is 0 Å². The first-order chi connectivity index (χ1) is 16.5. The Morgan fingerprint density at radius 3 is 2.62 bits per heavy atom. The zero-order valence-corrected chi connectivity index (χ0v) is 20.7. The number of nitrogens with one attached hydrogen (secondary N) is 1. The van der Waals surface area contributed by atoms with E-state index in [9.17, 15) is 4.79 Å². The molecule has 3 heterocycles. The number of halogens is 1. The number of piperazine rings is 1. The first-order valence-corrected chi connectivity index (χ1v) is 12.0. The lowest BCUT2D eigenvalue weighted by molar-refractivity contribution is -0.126. The number of hydrogen-bond donors (Lipinski definition) is 1. The third-order valence-corrected chi connectivity index (χ3v) is 6.75. The van der Waals surface area contributed by atoms with Gasteiger partial charge >= 0.3 is 0 Å². The summed E-state index contributed by atoms with van der Waals surface area (Å²) < 4.78 is 2.85. The molecule has 0 unspecified atom stereocenters. The molecule has 34 heavy (non-hydrogen) atoms. The lowest BCUT2D eigenvalue weighted by Gasteiger charge is -2.39. The van der Waals surface area contributed by atoms with Gasteiger partial charge in [-0.3, -0.25) is 9.69 Å². The minimum Gasteiger partial charge on any atom is -0.353 e. The van der Waals surface area contributed by atoms with E-state index in [1.54, 1.807) is 6.33 Å². The van der Waals surface area contributed by atoms with E-state index in [0.29, 0.717) is 18.7 Å². The maximum Gasteiger partial charge on any atom is 0.239 e. The zero-order valence-electron chi connectivity index (χ0n) is 19.1. The predicted octanol–water partition coefficient (Wildman–Crippen LogP) is 3.32. The van der Waals surface area contributed by atoms with Gasteiger partial charge in [-0.15, -0.1) is 5.10 Å². The summed E-state index contributed by atoms with van der Waals surface area (Å²) >= 11 is 3.44. The summed E-state index contributed by atoms with van der Waals surface area (Å²) in [6.45, 7) is 4.64. The molecule has 4 aromatic rings. The number of amides is 1. The number of likely N-dealkylation sites (N-methyl/N-ethyl adjacent to an activating group) is 1. The summed E-state index contributed by atoms with van der Waals surface area (Å²) in [6.07, 6.45) is 3.52. The topological polar surface area (TPSA) is 79.2 Å². The van der Waals surface area contributed by atoms with Crippen molar-refractivity contribution in [3.8, 4) is 5.69 Å². The molecule has 1 aliphatic rings. The van der Waals surface area contributed by atoms with E-state index in [-0.39, 0.29) is 11.9 Å². The van der Waals surface area contributed by atoms with Crippen molar-refractivity contribution >= 4 is 38.7 Å². The molecule has 1 aliphatic heterocycles. The van der Waals surface area contributed by atoms with Gasteiger partial charge in [-0.1, -0.05) is 45.8 Å². The number of hydrogen-bond acceptors (Lipinski definition) is 6. The van der Waals surface area contributed by atoms with Crippen LogP contribution in [0.2, 0.25) is 0 Å². The van der Waals surface area contributed by atoms with Crippen molar-refractivity contribution in [3.63, 3.8) is 0 Å². The summed E-state index contributed by atoms with van der Waals surface area (Å²) in [5.74, 6) is 0.818. The van der Waals surface area contributed by atoms with Crippen molar-refractivity contribution in [2.75, 3.05) is 31.6 Å². The van der Waals surface area contributed by atoms with E-state index in [1.165, 1.54) is 5.56 Å². The van der Waals surface area contributed by atoms with Gasteiger partial charge in [-0.05, 0) is 43.8 Å². The number of fused-ring (bicyclic) bond motifs is 1. The minimum atomic E-state index is -0.277. The molecule has 2 aromatic carbocycles. The van der Waals surface area contributed by atoms with Crippen LogP contribution in [-0.4, -0.2) is 63.3 Å². The molecule has 1 fully saturated rings. The fourth-order valence-corrected chi connectivity index (χ4v) is 4.43. The average Bonchev–Trinajstić information content (AvgIpc) is 3.29. The molecule has 0 aliphatic carbocycles. The number of anilines is 1. The average molecular weight is 520 g/mol. The van der Waals surface area contributed by atoms with Crippen LogP contribution in [0.3, 0.4) is 0 Å². The Morgan fingerprint density at radius 2 is 1.85 bits per heavy atom. The number of nitrogens with zero attached hydrogens (tertiary/aromatic N) is 6. The lowest BCUT2D eigenvalue weighted by Crippen LogP contribution is -2.57. The van der Waals surface area contributed by atoms with Crippen LogP contribution in [0.4, 0.5) is 5.82 Å². The third-order valence-electron chi connectivity index (χ3n) is 6.22. The van der Waals surface area contributed by atoms with Crippen molar-refractivity contribution in [2.24, 2.45) is 0 Å². The first-order valence-electron chi connectivity index (χ1n) is 11.2. The second-order valence-corrected chi connectivity index (χ2v) is 9.55. The highest BCUT2D eigenvalue weighted by Crippen LogP contribution is 2.25. The second kappa shape index (κ2) is 9.52. The normalized spacial score (nSPS) is 16.7. The summed E-state index contributed by atoms with van der Waals surface area (Å²) in [4.78, 5) is 26.3. The molecule has 0 saturated carbocycles. The molecule has 0 spiro atoms. The van der Waals surface area contributed by atoms with Crippen LogP contribution in [0.1, 0.15) is 11.1 Å². The maximum atomic E-state index is 13.1. The highest BCUT2D eigenvalue weighted by atomic mass is 79.9. The molecule has 1 N–H and O–H groups in total. The van der Waals surface area contributed by atoms with Gasteiger partial charge < -0.3 is 10.2 Å². The molecule has 174 valence electrons. The van der Waals surface area contributed by atoms with Gasteiger partial charge in [0.1, 0.15) is 18.2 Å². The molecule has 0 radical (unpaired) electrons. The van der Waals surface area contributed by atoms with E-state index in [4.69, 9.17) is 0 Å². The zero-order chi connectivity index (χ0) is 23.7. The van der Waals surface area contributed by atoms with Gasteiger partial charge in [-0.2, -0.15) is 0 Å². The van der Waals surface area contributed by atoms with Crippen LogP contribution in [0.25, 0.3) is 16.7 Å². The Bertz CT molecular complexity index is 1300. The monoisotopic (exact) mass is 519 g/mol. The molecule has 9 heteroatoms. The summed E-state index contributed by atoms with van der Waals surface area (Å²) in [7, 11) is 1.99. The Labute approximate surface area is 206 Å². The number of carbonyl (C=O) groups is 1. The number of carbonyl (C=O) groups excluding carboxylic acids is 1. The van der Waals surface area contributed by atoms with Gasteiger partial charge in [0.2, 0.25) is 5.91 Å². The standard InChI is InChI=1S/C25H26BrN7O/c1-17-3-9-20(10-4-17)33-14-21-23(30-33)28-16-29-24(21)32-12-11-31(2)22(15-32)25(34)27-13-18-5-7-19(26)8-6-18/h3-10,14,16,22H,11-13,15H2,1-2H3,(H,27,34)/t22-/m0/s1. The van der Waals surface area contributed by atoms with Crippen molar-refractivity contribution in [1.82, 2.24) is 30.0 Å². The second-order valence-electron chi connectivity index (χ2n) is 8.63. The van der Waals surface area contributed by atoms with E-state index in [1.807, 2.05) is 54.3 Å². The Hall–Kier alpha value is -3.30. The smallest absolute Gasteiger partial charge is 0.239 e. The van der Waals surface area contributed by atoms with Crippen molar-refractivity contribution in [2.45, 2.75) is 19.5 Å². The van der Waals surface area contributed by atoms with Crippen LogP contribution in [0.15, 0.2) is 65.5 Å². The molecule has 8 nitrogen and oxygen atoms in total. The van der Waals surface area contributed by atoms with E-state index in [0.717, 1.165) is 40.0 Å². The Kier molecular flexibility index (Phi) is 6.30. The molecule has 1 amide bonds. The number of rotatable bonds is 5. The highest BCUT2D eigenvalue weighted by Gasteiger charge is 2.31. The minimum absolute atomic E-state index is 0.00997. The van der Waals surface area contributed by atoms with E-state index >= 15 is 0 Å². The Balaban J connectivity index is 1.35. The van der Waals surface area contributed by atoms with Crippen molar-refractivity contribution < 1.29 is 4.79 Å². The molecular formula is C25H26BrN7O. The van der Waals surface area contributed by atoms with Crippen LogP contribution in [0, 0.1) is 6.92 Å². The molecule has 1 saturated heterocycles. The van der Waals surface area contributed by atoms with Crippen LogP contribution >= 0.6 is 15.9 Å². The largest absolute Gasteiger partial charge is 0.353 e. The Morgan fingerprint density at radius 1 is 1.09 bits per heavy atom. The fraction of sp³-hybridized carbons (Fsp3) is 0.280. The van der Waals surface area contributed by atoms with E-state index < -0.39 is 0 Å².